The molecule has 33 heavy (non-hydrogen) atoms. The molecule has 0 saturated heterocycles. The summed E-state index contributed by atoms with van der Waals surface area (Å²) in [4.78, 5) is 23.8. The molecule has 166 valence electrons. The third kappa shape index (κ3) is 5.64. The number of rotatable bonds is 7. The molecule has 0 saturated carbocycles. The number of aromatic nitrogens is 3. The normalized spacial score (nSPS) is 10.6. The summed E-state index contributed by atoms with van der Waals surface area (Å²) in [5.74, 6) is -0.104. The lowest BCUT2D eigenvalue weighted by Crippen LogP contribution is -2.15. The number of nitrogens with one attached hydrogen (secondary N) is 2. The van der Waals surface area contributed by atoms with Crippen LogP contribution in [0, 0.1) is 5.82 Å². The zero-order valence-electron chi connectivity index (χ0n) is 17.7. The molecule has 0 atom stereocenters. The first-order chi connectivity index (χ1) is 16.0. The van der Waals surface area contributed by atoms with Gasteiger partial charge in [0.25, 0.3) is 0 Å². The van der Waals surface area contributed by atoms with Gasteiger partial charge in [0.15, 0.2) is 11.0 Å². The molecule has 2 amide bonds. The summed E-state index contributed by atoms with van der Waals surface area (Å²) in [6.07, 6.45) is 0. The van der Waals surface area contributed by atoms with Crippen molar-refractivity contribution in [1.82, 2.24) is 14.8 Å². The lowest BCUT2D eigenvalue weighted by molar-refractivity contribution is -0.114. The standard InChI is InChI=1S/C24H20FN5O2S/c1-16(31)26-19-8-5-9-20(14-19)27-22(32)15-33-24-29-28-23(17-6-3-2-4-7-17)30(24)21-12-10-18(25)11-13-21/h2-14H,15H2,1H3,(H,26,31)(H,27,32). The van der Waals surface area contributed by atoms with Crippen LogP contribution in [-0.4, -0.2) is 32.3 Å². The van der Waals surface area contributed by atoms with Crippen molar-refractivity contribution in [3.05, 3.63) is 84.7 Å². The van der Waals surface area contributed by atoms with Crippen LogP contribution < -0.4 is 10.6 Å². The molecule has 1 heterocycles. The number of benzene rings is 3. The van der Waals surface area contributed by atoms with E-state index in [2.05, 4.69) is 20.8 Å². The number of anilines is 2. The van der Waals surface area contributed by atoms with E-state index in [1.807, 2.05) is 30.3 Å². The number of halogens is 1. The fourth-order valence-electron chi connectivity index (χ4n) is 3.17. The summed E-state index contributed by atoms with van der Waals surface area (Å²) in [6, 6.07) is 22.4. The predicted molar refractivity (Wildman–Crippen MR) is 127 cm³/mol. The van der Waals surface area contributed by atoms with Crippen molar-refractivity contribution in [3.8, 4) is 17.1 Å². The minimum absolute atomic E-state index is 0.0818. The van der Waals surface area contributed by atoms with Gasteiger partial charge in [0, 0.05) is 29.5 Å². The van der Waals surface area contributed by atoms with Gasteiger partial charge >= 0.3 is 0 Å². The van der Waals surface area contributed by atoms with Crippen LogP contribution in [0.4, 0.5) is 15.8 Å². The number of nitrogens with zero attached hydrogens (tertiary/aromatic N) is 3. The van der Waals surface area contributed by atoms with Gasteiger partial charge in [-0.25, -0.2) is 4.39 Å². The molecule has 0 aliphatic carbocycles. The van der Waals surface area contributed by atoms with Gasteiger partial charge in [-0.05, 0) is 42.5 Å². The molecule has 1 aromatic heterocycles. The van der Waals surface area contributed by atoms with Crippen LogP contribution >= 0.6 is 11.8 Å². The number of carbonyl (C=O) groups is 2. The van der Waals surface area contributed by atoms with Crippen molar-refractivity contribution in [2.45, 2.75) is 12.1 Å². The van der Waals surface area contributed by atoms with E-state index in [1.165, 1.54) is 30.8 Å². The Morgan fingerprint density at radius 1 is 0.909 bits per heavy atom. The van der Waals surface area contributed by atoms with Crippen molar-refractivity contribution in [2.24, 2.45) is 0 Å². The Labute approximate surface area is 194 Å². The Balaban J connectivity index is 1.53. The smallest absolute Gasteiger partial charge is 0.234 e. The fourth-order valence-corrected chi connectivity index (χ4v) is 3.92. The molecule has 9 heteroatoms. The second-order valence-corrected chi connectivity index (χ2v) is 8.03. The van der Waals surface area contributed by atoms with Crippen molar-refractivity contribution in [3.63, 3.8) is 0 Å². The quantitative estimate of drug-likeness (QED) is 0.387. The Kier molecular flexibility index (Phi) is 6.80. The predicted octanol–water partition coefficient (Wildman–Crippen LogP) is 4.76. The van der Waals surface area contributed by atoms with Crippen LogP contribution in [0.5, 0.6) is 0 Å². The van der Waals surface area contributed by atoms with Gasteiger partial charge < -0.3 is 10.6 Å². The molecule has 4 aromatic rings. The maximum Gasteiger partial charge on any atom is 0.234 e. The summed E-state index contributed by atoms with van der Waals surface area (Å²) in [7, 11) is 0. The Morgan fingerprint density at radius 3 is 2.30 bits per heavy atom. The molecule has 4 rings (SSSR count). The molecule has 0 radical (unpaired) electrons. The van der Waals surface area contributed by atoms with Crippen LogP contribution in [0.15, 0.2) is 84.0 Å². The van der Waals surface area contributed by atoms with E-state index in [1.54, 1.807) is 41.0 Å². The molecule has 0 aliphatic rings. The molecular weight excluding hydrogens is 441 g/mol. The summed E-state index contributed by atoms with van der Waals surface area (Å²) < 4.78 is 15.3. The van der Waals surface area contributed by atoms with Gasteiger partial charge in [-0.15, -0.1) is 10.2 Å². The highest BCUT2D eigenvalue weighted by Gasteiger charge is 2.17. The number of thioether (sulfide) groups is 1. The van der Waals surface area contributed by atoms with E-state index in [4.69, 9.17) is 0 Å². The molecule has 0 spiro atoms. The molecule has 7 nitrogen and oxygen atoms in total. The number of carbonyl (C=O) groups excluding carboxylic acids is 2. The minimum atomic E-state index is -0.344. The zero-order chi connectivity index (χ0) is 23.2. The van der Waals surface area contributed by atoms with Gasteiger partial charge in [-0.1, -0.05) is 48.2 Å². The molecule has 0 aliphatic heterocycles. The third-order valence-electron chi connectivity index (χ3n) is 4.55. The highest BCUT2D eigenvalue weighted by atomic mass is 32.2. The topological polar surface area (TPSA) is 88.9 Å². The van der Waals surface area contributed by atoms with Gasteiger partial charge in [-0.2, -0.15) is 0 Å². The monoisotopic (exact) mass is 461 g/mol. The summed E-state index contributed by atoms with van der Waals surface area (Å²) in [5, 5.41) is 14.6. The van der Waals surface area contributed by atoms with E-state index in [0.717, 1.165) is 5.56 Å². The van der Waals surface area contributed by atoms with E-state index in [9.17, 15) is 14.0 Å². The van der Waals surface area contributed by atoms with Gasteiger partial charge in [0.1, 0.15) is 5.82 Å². The van der Waals surface area contributed by atoms with Crippen LogP contribution in [0.3, 0.4) is 0 Å². The lowest BCUT2D eigenvalue weighted by Gasteiger charge is -2.11. The first kappa shape index (κ1) is 22.2. The van der Waals surface area contributed by atoms with Crippen molar-refractivity contribution >= 4 is 35.0 Å². The number of amides is 2. The maximum absolute atomic E-state index is 13.5. The average Bonchev–Trinajstić information content (AvgIpc) is 3.22. The largest absolute Gasteiger partial charge is 0.326 e. The Bertz CT molecular complexity index is 1280. The van der Waals surface area contributed by atoms with Crippen molar-refractivity contribution in [1.29, 1.82) is 0 Å². The minimum Gasteiger partial charge on any atom is -0.326 e. The van der Waals surface area contributed by atoms with E-state index in [-0.39, 0.29) is 23.4 Å². The number of hydrogen-bond donors (Lipinski definition) is 2. The summed E-state index contributed by atoms with van der Waals surface area (Å²) in [5.41, 5.74) is 2.69. The van der Waals surface area contributed by atoms with Crippen LogP contribution in [0.1, 0.15) is 6.92 Å². The molecule has 3 aromatic carbocycles. The van der Waals surface area contributed by atoms with Gasteiger partial charge in [-0.3, -0.25) is 14.2 Å². The summed E-state index contributed by atoms with van der Waals surface area (Å²) in [6.45, 7) is 1.42. The molecule has 0 bridgehead atoms. The molecule has 2 N–H and O–H groups in total. The van der Waals surface area contributed by atoms with E-state index < -0.39 is 0 Å². The highest BCUT2D eigenvalue weighted by molar-refractivity contribution is 7.99. The molecule has 0 fully saturated rings. The van der Waals surface area contributed by atoms with Crippen molar-refractivity contribution < 1.29 is 14.0 Å². The average molecular weight is 462 g/mol. The summed E-state index contributed by atoms with van der Waals surface area (Å²) >= 11 is 1.22. The van der Waals surface area contributed by atoms with Crippen LogP contribution in [0.25, 0.3) is 17.1 Å². The van der Waals surface area contributed by atoms with Crippen LogP contribution in [-0.2, 0) is 9.59 Å². The molecular formula is C24H20FN5O2S. The lowest BCUT2D eigenvalue weighted by atomic mass is 10.2. The Hall–Kier alpha value is -3.98. The van der Waals surface area contributed by atoms with E-state index in [0.29, 0.717) is 28.0 Å². The third-order valence-corrected chi connectivity index (χ3v) is 5.48. The molecule has 0 unspecified atom stereocenters. The van der Waals surface area contributed by atoms with E-state index >= 15 is 0 Å². The number of hydrogen-bond acceptors (Lipinski definition) is 5. The fraction of sp³-hybridized carbons (Fsp3) is 0.0833. The Morgan fingerprint density at radius 2 is 1.61 bits per heavy atom. The first-order valence-electron chi connectivity index (χ1n) is 10.1. The maximum atomic E-state index is 13.5. The second-order valence-electron chi connectivity index (χ2n) is 7.08. The zero-order valence-corrected chi connectivity index (χ0v) is 18.5. The second kappa shape index (κ2) is 10.1. The van der Waals surface area contributed by atoms with Crippen LogP contribution in [0.2, 0.25) is 0 Å². The van der Waals surface area contributed by atoms with Gasteiger partial charge in [0.05, 0.1) is 5.75 Å². The van der Waals surface area contributed by atoms with Gasteiger partial charge in [0.2, 0.25) is 11.8 Å². The highest BCUT2D eigenvalue weighted by Crippen LogP contribution is 2.28. The SMILES string of the molecule is CC(=O)Nc1cccc(NC(=O)CSc2nnc(-c3ccccc3)n2-c2ccc(F)cc2)c1. The van der Waals surface area contributed by atoms with Crippen molar-refractivity contribution in [2.75, 3.05) is 16.4 Å². The first-order valence-corrected chi connectivity index (χ1v) is 11.1.